The zero-order valence-corrected chi connectivity index (χ0v) is 18.5. The smallest absolute Gasteiger partial charge is 0.255 e. The molecule has 162 valence electrons. The fourth-order valence-electron chi connectivity index (χ4n) is 3.97. The summed E-state index contributed by atoms with van der Waals surface area (Å²) >= 11 is 6.33. The van der Waals surface area contributed by atoms with Crippen molar-refractivity contribution in [1.82, 2.24) is 5.32 Å². The van der Waals surface area contributed by atoms with Gasteiger partial charge in [0.05, 0.1) is 5.56 Å². The fraction of sp³-hybridized carbons (Fsp3) is 0.0357. The molecule has 0 atom stereocenters. The van der Waals surface area contributed by atoms with E-state index in [1.807, 2.05) is 66.7 Å². The van der Waals surface area contributed by atoms with Gasteiger partial charge in [0, 0.05) is 28.6 Å². The van der Waals surface area contributed by atoms with Crippen molar-refractivity contribution < 1.29 is 13.6 Å². The molecule has 4 aromatic carbocycles. The minimum absolute atomic E-state index is 0.265. The Morgan fingerprint density at radius 3 is 2.15 bits per heavy atom. The maximum Gasteiger partial charge on any atom is 0.255 e. The van der Waals surface area contributed by atoms with Gasteiger partial charge in [-0.3, -0.25) is 4.79 Å². The van der Waals surface area contributed by atoms with Crippen LogP contribution in [0.5, 0.6) is 0 Å². The molecule has 0 saturated carbocycles. The molecule has 0 bridgehead atoms. The molecule has 5 aromatic rings. The Kier molecular flexibility index (Phi) is 5.45. The number of furan rings is 1. The van der Waals surface area contributed by atoms with Crippen LogP contribution in [0.15, 0.2) is 95.4 Å². The first-order valence-electron chi connectivity index (χ1n) is 10.4. The van der Waals surface area contributed by atoms with Crippen molar-refractivity contribution in [3.63, 3.8) is 0 Å². The predicted molar refractivity (Wildman–Crippen MR) is 131 cm³/mol. The molecule has 5 rings (SSSR count). The van der Waals surface area contributed by atoms with Crippen LogP contribution in [0.25, 0.3) is 44.5 Å². The number of rotatable bonds is 4. The van der Waals surface area contributed by atoms with Gasteiger partial charge in [0.1, 0.15) is 17.2 Å². The van der Waals surface area contributed by atoms with Crippen molar-refractivity contribution in [2.24, 2.45) is 0 Å². The lowest BCUT2D eigenvalue weighted by atomic mass is 9.98. The molecule has 1 N–H and O–H groups in total. The lowest BCUT2D eigenvalue weighted by molar-refractivity contribution is 0.0964. The monoisotopic (exact) mass is 455 g/mol. The molecule has 0 aliphatic rings. The molecule has 1 aromatic heterocycles. The summed E-state index contributed by atoms with van der Waals surface area (Å²) in [6, 6.07) is 27.5. The van der Waals surface area contributed by atoms with Gasteiger partial charge in [0.25, 0.3) is 5.91 Å². The molecule has 5 heteroatoms. The Bertz CT molecular complexity index is 1470. The third kappa shape index (κ3) is 3.90. The number of hydrogen-bond donors (Lipinski definition) is 1. The SMILES string of the molecule is CNC(=O)c1c(-c2ccc(F)cc2)oc2ccc(-c3ccc(-c4ccccc4Cl)cc3)cc12. The van der Waals surface area contributed by atoms with Crippen molar-refractivity contribution in [1.29, 1.82) is 0 Å². The highest BCUT2D eigenvalue weighted by atomic mass is 35.5. The van der Waals surface area contributed by atoms with E-state index in [2.05, 4.69) is 5.32 Å². The van der Waals surface area contributed by atoms with E-state index < -0.39 is 0 Å². The average molecular weight is 456 g/mol. The molecule has 0 saturated heterocycles. The van der Waals surface area contributed by atoms with E-state index in [9.17, 15) is 9.18 Å². The van der Waals surface area contributed by atoms with Crippen LogP contribution in [0.2, 0.25) is 5.02 Å². The minimum Gasteiger partial charge on any atom is -0.455 e. The van der Waals surface area contributed by atoms with Crippen LogP contribution in [-0.4, -0.2) is 13.0 Å². The van der Waals surface area contributed by atoms with Crippen molar-refractivity contribution >= 4 is 28.5 Å². The van der Waals surface area contributed by atoms with Gasteiger partial charge in [-0.25, -0.2) is 4.39 Å². The van der Waals surface area contributed by atoms with E-state index in [1.54, 1.807) is 19.2 Å². The van der Waals surface area contributed by atoms with E-state index in [0.717, 1.165) is 22.3 Å². The van der Waals surface area contributed by atoms with Gasteiger partial charge < -0.3 is 9.73 Å². The Labute approximate surface area is 195 Å². The molecule has 0 spiro atoms. The molecule has 1 heterocycles. The largest absolute Gasteiger partial charge is 0.455 e. The van der Waals surface area contributed by atoms with E-state index in [-0.39, 0.29) is 11.7 Å². The molecular formula is C28H19ClFNO2. The maximum absolute atomic E-state index is 13.4. The summed E-state index contributed by atoms with van der Waals surface area (Å²) in [5.41, 5.74) is 5.60. The Morgan fingerprint density at radius 1 is 0.818 bits per heavy atom. The van der Waals surface area contributed by atoms with Crippen molar-refractivity contribution in [2.45, 2.75) is 0 Å². The van der Waals surface area contributed by atoms with Gasteiger partial charge in [-0.05, 0) is 59.2 Å². The molecule has 33 heavy (non-hydrogen) atoms. The quantitative estimate of drug-likeness (QED) is 0.303. The zero-order valence-electron chi connectivity index (χ0n) is 17.7. The highest BCUT2D eigenvalue weighted by molar-refractivity contribution is 6.33. The van der Waals surface area contributed by atoms with Gasteiger partial charge in [-0.2, -0.15) is 0 Å². The van der Waals surface area contributed by atoms with E-state index in [4.69, 9.17) is 16.0 Å². The molecule has 0 radical (unpaired) electrons. The lowest BCUT2D eigenvalue weighted by Gasteiger charge is -2.07. The minimum atomic E-state index is -0.348. The van der Waals surface area contributed by atoms with Crippen LogP contribution < -0.4 is 5.32 Å². The van der Waals surface area contributed by atoms with Crippen molar-refractivity contribution in [2.75, 3.05) is 7.05 Å². The molecule has 3 nitrogen and oxygen atoms in total. The summed E-state index contributed by atoms with van der Waals surface area (Å²) in [4.78, 5) is 12.8. The van der Waals surface area contributed by atoms with Gasteiger partial charge in [0.15, 0.2) is 0 Å². The lowest BCUT2D eigenvalue weighted by Crippen LogP contribution is -2.18. The Hall–Kier alpha value is -3.89. The number of benzene rings is 4. The van der Waals surface area contributed by atoms with E-state index in [1.165, 1.54) is 12.1 Å². The van der Waals surface area contributed by atoms with Crippen LogP contribution in [-0.2, 0) is 0 Å². The maximum atomic E-state index is 13.4. The molecule has 0 aliphatic carbocycles. The number of carbonyl (C=O) groups excluding carboxylic acids is 1. The van der Waals surface area contributed by atoms with Crippen LogP contribution in [0.3, 0.4) is 0 Å². The van der Waals surface area contributed by atoms with Crippen molar-refractivity contribution in [3.05, 3.63) is 107 Å². The number of carbonyl (C=O) groups is 1. The second-order valence-corrected chi connectivity index (χ2v) is 8.07. The Morgan fingerprint density at radius 2 is 1.45 bits per heavy atom. The normalized spacial score (nSPS) is 11.0. The number of nitrogens with one attached hydrogen (secondary N) is 1. The topological polar surface area (TPSA) is 42.2 Å². The predicted octanol–water partition coefficient (Wildman–Crippen LogP) is 7.59. The highest BCUT2D eigenvalue weighted by Crippen LogP contribution is 2.37. The first-order valence-corrected chi connectivity index (χ1v) is 10.8. The molecule has 0 fully saturated rings. The van der Waals surface area contributed by atoms with E-state index >= 15 is 0 Å². The van der Waals surface area contributed by atoms with Crippen LogP contribution in [0.4, 0.5) is 4.39 Å². The summed E-state index contributed by atoms with van der Waals surface area (Å²) in [5.74, 6) is -0.200. The summed E-state index contributed by atoms with van der Waals surface area (Å²) < 4.78 is 19.4. The molecule has 1 amide bonds. The molecule has 0 aliphatic heterocycles. The summed E-state index contributed by atoms with van der Waals surface area (Å²) in [7, 11) is 1.58. The number of fused-ring (bicyclic) bond motifs is 1. The van der Waals surface area contributed by atoms with Gasteiger partial charge in [0.2, 0.25) is 0 Å². The molecular weight excluding hydrogens is 437 g/mol. The number of hydrogen-bond acceptors (Lipinski definition) is 2. The third-order valence-electron chi connectivity index (χ3n) is 5.65. The number of halogens is 2. The van der Waals surface area contributed by atoms with E-state index in [0.29, 0.717) is 32.9 Å². The second kappa shape index (κ2) is 8.57. The number of amides is 1. The summed E-state index contributed by atoms with van der Waals surface area (Å²) in [5, 5.41) is 4.08. The average Bonchev–Trinajstić information content (AvgIpc) is 3.23. The first-order chi connectivity index (χ1) is 16.0. The highest BCUT2D eigenvalue weighted by Gasteiger charge is 2.22. The van der Waals surface area contributed by atoms with Crippen LogP contribution in [0.1, 0.15) is 10.4 Å². The standard InChI is InChI=1S/C28H19ClFNO2/c1-31-28(32)26-23-16-20(12-15-25(23)33-27(26)19-10-13-21(30)14-11-19)17-6-8-18(9-7-17)22-4-2-3-5-24(22)29/h2-16H,1H3,(H,31,32). The molecule has 0 unspecified atom stereocenters. The first kappa shape index (κ1) is 21.0. The van der Waals surface area contributed by atoms with Gasteiger partial charge in [-0.15, -0.1) is 0 Å². The van der Waals surface area contributed by atoms with Gasteiger partial charge in [-0.1, -0.05) is 60.1 Å². The van der Waals surface area contributed by atoms with Crippen LogP contribution >= 0.6 is 11.6 Å². The zero-order chi connectivity index (χ0) is 22.9. The summed E-state index contributed by atoms with van der Waals surface area (Å²) in [6.07, 6.45) is 0. The van der Waals surface area contributed by atoms with Crippen LogP contribution in [0, 0.1) is 5.82 Å². The van der Waals surface area contributed by atoms with Gasteiger partial charge >= 0.3 is 0 Å². The third-order valence-corrected chi connectivity index (χ3v) is 5.98. The Balaban J connectivity index is 1.60. The summed E-state index contributed by atoms with van der Waals surface area (Å²) in [6.45, 7) is 0. The van der Waals surface area contributed by atoms with Crippen molar-refractivity contribution in [3.8, 4) is 33.6 Å². The fourth-order valence-corrected chi connectivity index (χ4v) is 4.21. The second-order valence-electron chi connectivity index (χ2n) is 7.66.